The van der Waals surface area contributed by atoms with E-state index in [1.54, 1.807) is 24.3 Å². The highest BCUT2D eigenvalue weighted by molar-refractivity contribution is 6.08. The third-order valence-corrected chi connectivity index (χ3v) is 7.83. The summed E-state index contributed by atoms with van der Waals surface area (Å²) < 4.78 is 10.8. The first-order chi connectivity index (χ1) is 17.0. The van der Waals surface area contributed by atoms with Gasteiger partial charge in [0, 0.05) is 5.56 Å². The lowest BCUT2D eigenvalue weighted by Gasteiger charge is -2.37. The second-order valence-corrected chi connectivity index (χ2v) is 9.80. The summed E-state index contributed by atoms with van der Waals surface area (Å²) >= 11 is 0. The Labute approximate surface area is 202 Å². The van der Waals surface area contributed by atoms with Crippen molar-refractivity contribution in [2.45, 2.75) is 13.0 Å². The van der Waals surface area contributed by atoms with Crippen molar-refractivity contribution in [1.82, 2.24) is 4.90 Å². The number of ether oxygens (including phenoxy) is 2. The van der Waals surface area contributed by atoms with E-state index in [0.29, 0.717) is 29.8 Å². The number of Topliss-reactive ketones (excluding diaryl/α,β-unsaturated/α-hetero) is 1. The Kier molecular flexibility index (Phi) is 5.28. The molecule has 0 aromatic heterocycles. The van der Waals surface area contributed by atoms with Crippen molar-refractivity contribution in [3.8, 4) is 5.75 Å². The molecule has 7 rings (SSSR count). The summed E-state index contributed by atoms with van der Waals surface area (Å²) in [6, 6.07) is 16.3. The second kappa shape index (κ2) is 8.48. The lowest BCUT2D eigenvalue weighted by Crippen LogP contribution is -2.40. The summed E-state index contributed by atoms with van der Waals surface area (Å²) in [6.45, 7) is -0.484. The highest BCUT2D eigenvalue weighted by Gasteiger charge is 2.67. The molecule has 0 radical (unpaired) electrons. The van der Waals surface area contributed by atoms with Gasteiger partial charge in [-0.1, -0.05) is 42.5 Å². The highest BCUT2D eigenvalue weighted by Crippen LogP contribution is 2.65. The minimum atomic E-state index is -0.757. The van der Waals surface area contributed by atoms with Crippen molar-refractivity contribution in [3.63, 3.8) is 0 Å². The maximum absolute atomic E-state index is 13.0. The zero-order valence-electron chi connectivity index (χ0n) is 19.0. The van der Waals surface area contributed by atoms with Crippen LogP contribution in [0.2, 0.25) is 0 Å². The molecule has 0 N–H and O–H groups in total. The van der Waals surface area contributed by atoms with E-state index in [-0.39, 0.29) is 41.3 Å². The fourth-order valence-corrected chi connectivity index (χ4v) is 6.06. The lowest BCUT2D eigenvalue weighted by atomic mass is 9.63. The molecule has 0 unspecified atom stereocenters. The van der Waals surface area contributed by atoms with E-state index in [1.165, 1.54) is 0 Å². The molecule has 2 aromatic carbocycles. The number of hydrogen-bond donors (Lipinski definition) is 0. The van der Waals surface area contributed by atoms with Crippen LogP contribution in [0.3, 0.4) is 0 Å². The Morgan fingerprint density at radius 2 is 1.49 bits per heavy atom. The fourth-order valence-electron chi connectivity index (χ4n) is 6.06. The Balaban J connectivity index is 1.01. The number of carbonyl (C=O) groups is 4. The summed E-state index contributed by atoms with van der Waals surface area (Å²) in [4.78, 5) is 51.8. The van der Waals surface area contributed by atoms with Gasteiger partial charge in [-0.15, -0.1) is 0 Å². The minimum absolute atomic E-state index is 0.105. The molecule has 1 heterocycles. The van der Waals surface area contributed by atoms with Gasteiger partial charge in [-0.2, -0.15) is 0 Å². The normalized spacial score (nSPS) is 29.5. The van der Waals surface area contributed by atoms with Crippen LogP contribution in [0.5, 0.6) is 5.75 Å². The van der Waals surface area contributed by atoms with Crippen molar-refractivity contribution in [2.24, 2.45) is 35.5 Å². The number of rotatable bonds is 8. The van der Waals surface area contributed by atoms with Gasteiger partial charge in [-0.3, -0.25) is 24.1 Å². The van der Waals surface area contributed by atoms with Crippen molar-refractivity contribution >= 4 is 23.6 Å². The molecule has 6 atom stereocenters. The summed E-state index contributed by atoms with van der Waals surface area (Å²) in [5.74, 6) is -0.548. The van der Waals surface area contributed by atoms with Crippen molar-refractivity contribution in [2.75, 3.05) is 13.2 Å². The van der Waals surface area contributed by atoms with E-state index >= 15 is 0 Å². The first kappa shape index (κ1) is 21.8. The Morgan fingerprint density at radius 1 is 0.857 bits per heavy atom. The smallest absolute Gasteiger partial charge is 0.326 e. The summed E-state index contributed by atoms with van der Waals surface area (Å²) in [7, 11) is 0. The third-order valence-electron chi connectivity index (χ3n) is 7.83. The molecule has 2 saturated carbocycles. The van der Waals surface area contributed by atoms with Gasteiger partial charge < -0.3 is 9.47 Å². The number of benzene rings is 2. The van der Waals surface area contributed by atoms with E-state index in [0.717, 1.165) is 16.9 Å². The number of imide groups is 1. The lowest BCUT2D eigenvalue weighted by molar-refractivity contribution is -0.152. The van der Waals surface area contributed by atoms with Crippen LogP contribution in [-0.2, 0) is 25.7 Å². The molecule has 178 valence electrons. The molecule has 7 nitrogen and oxygen atoms in total. The van der Waals surface area contributed by atoms with E-state index in [2.05, 4.69) is 12.2 Å². The minimum Gasteiger partial charge on any atom is -0.489 e. The van der Waals surface area contributed by atoms with Gasteiger partial charge >= 0.3 is 5.97 Å². The highest BCUT2D eigenvalue weighted by atomic mass is 16.5. The number of esters is 1. The Morgan fingerprint density at radius 3 is 2.11 bits per heavy atom. The molecule has 1 aliphatic heterocycles. The van der Waals surface area contributed by atoms with E-state index < -0.39 is 19.1 Å². The molecule has 1 saturated heterocycles. The molecule has 5 aliphatic rings. The number of nitrogens with zero attached hydrogens (tertiary/aromatic N) is 1. The SMILES string of the molecule is O=C(CN1C(=O)[C@@H]2[C@H]3C=C[C@@H]([C@@H]4C[C@H]34)[C@@H]2C1=O)OCC(=O)c1ccc(OCc2ccccc2)cc1. The van der Waals surface area contributed by atoms with Gasteiger partial charge in [0.25, 0.3) is 0 Å². The first-order valence-electron chi connectivity index (χ1n) is 12.0. The van der Waals surface area contributed by atoms with Crippen LogP contribution < -0.4 is 4.74 Å². The van der Waals surface area contributed by atoms with E-state index in [1.807, 2.05) is 30.3 Å². The van der Waals surface area contributed by atoms with Gasteiger partial charge in [0.05, 0.1) is 11.8 Å². The van der Waals surface area contributed by atoms with Gasteiger partial charge in [0.2, 0.25) is 11.8 Å². The number of hydrogen-bond acceptors (Lipinski definition) is 6. The molecular weight excluding hydrogens is 446 g/mol. The third kappa shape index (κ3) is 3.85. The topological polar surface area (TPSA) is 90.0 Å². The summed E-state index contributed by atoms with van der Waals surface area (Å²) in [5, 5.41) is 0. The van der Waals surface area contributed by atoms with Crippen molar-refractivity contribution < 1.29 is 28.7 Å². The quantitative estimate of drug-likeness (QED) is 0.254. The second-order valence-electron chi connectivity index (χ2n) is 9.80. The van der Waals surface area contributed by atoms with Crippen molar-refractivity contribution in [1.29, 1.82) is 0 Å². The van der Waals surface area contributed by atoms with Gasteiger partial charge in [-0.05, 0) is 59.9 Å². The van der Waals surface area contributed by atoms with Crippen LogP contribution >= 0.6 is 0 Å². The number of likely N-dealkylation sites (tertiary alicyclic amines) is 1. The van der Waals surface area contributed by atoms with Crippen molar-refractivity contribution in [3.05, 3.63) is 77.9 Å². The van der Waals surface area contributed by atoms with Crippen LogP contribution in [0.4, 0.5) is 0 Å². The zero-order chi connectivity index (χ0) is 24.1. The molecular formula is C28H25NO6. The fraction of sp³-hybridized carbons (Fsp3) is 0.357. The van der Waals surface area contributed by atoms with E-state index in [9.17, 15) is 19.2 Å². The predicted molar refractivity (Wildman–Crippen MR) is 124 cm³/mol. The number of amides is 2. The van der Waals surface area contributed by atoms with Crippen LogP contribution in [0, 0.1) is 35.5 Å². The molecule has 7 heteroatoms. The number of allylic oxidation sites excluding steroid dienone is 2. The average Bonchev–Trinajstić information content (AvgIpc) is 3.68. The zero-order valence-corrected chi connectivity index (χ0v) is 19.0. The largest absolute Gasteiger partial charge is 0.489 e. The molecule has 2 bridgehead atoms. The van der Waals surface area contributed by atoms with Crippen LogP contribution in [0.15, 0.2) is 66.7 Å². The first-order valence-corrected chi connectivity index (χ1v) is 12.0. The van der Waals surface area contributed by atoms with Crippen LogP contribution in [0.25, 0.3) is 0 Å². The average molecular weight is 472 g/mol. The van der Waals surface area contributed by atoms with Crippen LogP contribution in [-0.4, -0.2) is 41.6 Å². The molecule has 0 spiro atoms. The predicted octanol–water partition coefficient (Wildman–Crippen LogP) is 3.04. The maximum atomic E-state index is 13.0. The summed E-state index contributed by atoms with van der Waals surface area (Å²) in [5.41, 5.74) is 1.42. The van der Waals surface area contributed by atoms with Gasteiger partial charge in [0.1, 0.15) is 18.9 Å². The molecule has 35 heavy (non-hydrogen) atoms. The van der Waals surface area contributed by atoms with Gasteiger partial charge in [0.15, 0.2) is 12.4 Å². The van der Waals surface area contributed by atoms with Gasteiger partial charge in [-0.25, -0.2) is 0 Å². The number of ketones is 1. The van der Waals surface area contributed by atoms with Crippen LogP contribution in [0.1, 0.15) is 22.3 Å². The van der Waals surface area contributed by atoms with E-state index in [4.69, 9.17) is 9.47 Å². The number of carbonyl (C=O) groups excluding carboxylic acids is 4. The Hall–Kier alpha value is -3.74. The summed E-state index contributed by atoms with van der Waals surface area (Å²) in [6.07, 6.45) is 5.26. The monoisotopic (exact) mass is 471 g/mol. The molecule has 4 aliphatic carbocycles. The molecule has 2 amide bonds. The standard InChI is InChI=1S/C28H25NO6/c30-23(17-6-8-18(9-7-17)34-14-16-4-2-1-3-5-16)15-35-24(31)13-29-27(32)25-19-10-11-20(22-12-21(19)22)26(25)28(29)33/h1-11,19-22,25-26H,12-15H2/t19-,20-,21-,22+,25-,26+/m0/s1. The molecule has 2 aromatic rings. The Bertz CT molecular complexity index is 1180. The maximum Gasteiger partial charge on any atom is 0.326 e. The molecule has 3 fully saturated rings.